The van der Waals surface area contributed by atoms with Crippen LogP contribution in [0.5, 0.6) is 0 Å². The Balaban J connectivity index is 1.38. The summed E-state index contributed by atoms with van der Waals surface area (Å²) in [6.45, 7) is 0. The molecule has 4 aromatic heterocycles. The van der Waals surface area contributed by atoms with E-state index in [0.717, 1.165) is 61.2 Å². The van der Waals surface area contributed by atoms with E-state index in [-0.39, 0.29) is 0 Å². The van der Waals surface area contributed by atoms with Crippen LogP contribution in [-0.4, -0.2) is 14.1 Å². The fourth-order valence-corrected chi connectivity index (χ4v) is 7.14. The zero-order chi connectivity index (χ0) is 29.5. The lowest BCUT2D eigenvalue weighted by atomic mass is 10.0. The van der Waals surface area contributed by atoms with Crippen LogP contribution >= 0.6 is 0 Å². The van der Waals surface area contributed by atoms with E-state index in [2.05, 4.69) is 161 Å². The van der Waals surface area contributed by atoms with Crippen LogP contribution in [0.3, 0.4) is 0 Å². The molecule has 0 amide bonds. The Kier molecular flexibility index (Phi) is 4.96. The van der Waals surface area contributed by atoms with Gasteiger partial charge in [-0.2, -0.15) is 0 Å². The van der Waals surface area contributed by atoms with Gasteiger partial charge in [0.1, 0.15) is 11.4 Å². The van der Waals surface area contributed by atoms with E-state index in [9.17, 15) is 0 Å². The fourth-order valence-electron chi connectivity index (χ4n) is 7.14. The number of benzene rings is 6. The number of nitrogens with zero attached hydrogens (tertiary/aromatic N) is 3. The molecule has 0 radical (unpaired) electrons. The maximum absolute atomic E-state index is 6.75. The van der Waals surface area contributed by atoms with Crippen LogP contribution in [0.4, 0.5) is 0 Å². The highest BCUT2D eigenvalue weighted by Gasteiger charge is 2.22. The van der Waals surface area contributed by atoms with Gasteiger partial charge in [-0.15, -0.1) is 0 Å². The second-order valence-electron chi connectivity index (χ2n) is 11.6. The molecule has 0 aliphatic carbocycles. The maximum Gasteiger partial charge on any atom is 0.183 e. The molecule has 4 heterocycles. The number of furan rings is 1. The summed E-state index contributed by atoms with van der Waals surface area (Å²) in [4.78, 5) is 5.49. The second-order valence-corrected chi connectivity index (χ2v) is 11.6. The first-order chi connectivity index (χ1) is 22.3. The van der Waals surface area contributed by atoms with E-state index in [1.165, 1.54) is 27.1 Å². The van der Waals surface area contributed by atoms with Gasteiger partial charge in [0.25, 0.3) is 0 Å². The quantitative estimate of drug-likeness (QED) is 0.210. The van der Waals surface area contributed by atoms with Crippen molar-refractivity contribution in [2.45, 2.75) is 0 Å². The molecule has 6 aromatic carbocycles. The summed E-state index contributed by atoms with van der Waals surface area (Å²) in [6.07, 6.45) is 0. The van der Waals surface area contributed by atoms with E-state index < -0.39 is 0 Å². The summed E-state index contributed by atoms with van der Waals surface area (Å²) in [6, 6.07) is 53.5. The topological polar surface area (TPSA) is 35.9 Å². The monoisotopic (exact) mass is 575 g/mol. The summed E-state index contributed by atoms with van der Waals surface area (Å²) in [7, 11) is 0. The number of para-hydroxylation sites is 4. The first-order valence-corrected chi connectivity index (χ1v) is 15.2. The highest BCUT2D eigenvalue weighted by molar-refractivity contribution is 6.14. The summed E-state index contributed by atoms with van der Waals surface area (Å²) >= 11 is 0. The molecular formula is C41H25N3O. The first-order valence-electron chi connectivity index (χ1n) is 15.2. The van der Waals surface area contributed by atoms with E-state index in [1.807, 2.05) is 0 Å². The first kappa shape index (κ1) is 24.3. The average Bonchev–Trinajstić information content (AvgIpc) is 3.76. The molecular weight excluding hydrogens is 550 g/mol. The SMILES string of the molecule is c1ccc(-c2ccc3oc4c(-n5c6ccccc6c6ccccc65)nc(-n5c6ccccc6c6ccccc65)cc4c3c2)cc1. The molecule has 0 N–H and O–H groups in total. The zero-order valence-electron chi connectivity index (χ0n) is 24.2. The van der Waals surface area contributed by atoms with Gasteiger partial charge in [0, 0.05) is 32.3 Å². The van der Waals surface area contributed by atoms with Gasteiger partial charge in [0.05, 0.1) is 22.1 Å². The van der Waals surface area contributed by atoms with E-state index in [4.69, 9.17) is 9.40 Å². The molecule has 0 bridgehead atoms. The highest BCUT2D eigenvalue weighted by Crippen LogP contribution is 2.40. The summed E-state index contributed by atoms with van der Waals surface area (Å²) in [5.41, 5.74) is 8.37. The summed E-state index contributed by atoms with van der Waals surface area (Å²) in [5.74, 6) is 1.63. The number of pyridine rings is 1. The van der Waals surface area contributed by atoms with Crippen molar-refractivity contribution in [1.29, 1.82) is 0 Å². The highest BCUT2D eigenvalue weighted by atomic mass is 16.3. The molecule has 210 valence electrons. The molecule has 0 fully saturated rings. The third-order valence-electron chi connectivity index (χ3n) is 9.13. The predicted molar refractivity (Wildman–Crippen MR) is 186 cm³/mol. The van der Waals surface area contributed by atoms with Gasteiger partial charge in [-0.05, 0) is 53.6 Å². The zero-order valence-corrected chi connectivity index (χ0v) is 24.2. The Morgan fingerprint density at radius 1 is 0.400 bits per heavy atom. The summed E-state index contributed by atoms with van der Waals surface area (Å²) < 4.78 is 11.3. The Hall–Kier alpha value is -6.13. The van der Waals surface area contributed by atoms with Crippen LogP contribution in [0.2, 0.25) is 0 Å². The smallest absolute Gasteiger partial charge is 0.183 e. The number of aromatic nitrogens is 3. The van der Waals surface area contributed by atoms with Gasteiger partial charge in [-0.25, -0.2) is 4.98 Å². The largest absolute Gasteiger partial charge is 0.452 e. The average molecular weight is 576 g/mol. The normalized spacial score (nSPS) is 12.0. The lowest BCUT2D eigenvalue weighted by molar-refractivity contribution is 0.663. The van der Waals surface area contributed by atoms with Crippen LogP contribution in [-0.2, 0) is 0 Å². The van der Waals surface area contributed by atoms with Crippen LogP contribution in [0.25, 0.3) is 88.3 Å². The molecule has 0 saturated carbocycles. The van der Waals surface area contributed by atoms with Gasteiger partial charge in [-0.3, -0.25) is 9.13 Å². The molecule has 10 aromatic rings. The molecule has 4 nitrogen and oxygen atoms in total. The Bertz CT molecular complexity index is 2660. The van der Waals surface area contributed by atoms with Crippen molar-refractivity contribution in [2.24, 2.45) is 0 Å². The molecule has 0 unspecified atom stereocenters. The Labute approximate surface area is 258 Å². The van der Waals surface area contributed by atoms with Gasteiger partial charge in [0.15, 0.2) is 11.4 Å². The van der Waals surface area contributed by atoms with Crippen LogP contribution in [0, 0.1) is 0 Å². The second kappa shape index (κ2) is 9.18. The van der Waals surface area contributed by atoms with E-state index >= 15 is 0 Å². The molecule has 0 spiro atoms. The number of fused-ring (bicyclic) bond motifs is 9. The molecule has 10 rings (SSSR count). The maximum atomic E-state index is 6.75. The number of rotatable bonds is 3. The fraction of sp³-hybridized carbons (Fsp3) is 0. The molecule has 45 heavy (non-hydrogen) atoms. The van der Waals surface area contributed by atoms with Gasteiger partial charge >= 0.3 is 0 Å². The minimum atomic E-state index is 0.770. The molecule has 4 heteroatoms. The van der Waals surface area contributed by atoms with E-state index in [1.54, 1.807) is 0 Å². The number of hydrogen-bond donors (Lipinski definition) is 0. The minimum absolute atomic E-state index is 0.770. The third kappa shape index (κ3) is 3.45. The van der Waals surface area contributed by atoms with Crippen molar-refractivity contribution < 1.29 is 4.42 Å². The van der Waals surface area contributed by atoms with Crippen molar-refractivity contribution in [3.8, 4) is 22.8 Å². The van der Waals surface area contributed by atoms with Crippen molar-refractivity contribution in [1.82, 2.24) is 14.1 Å². The van der Waals surface area contributed by atoms with Crippen molar-refractivity contribution in [2.75, 3.05) is 0 Å². The minimum Gasteiger partial charge on any atom is -0.452 e. The molecule has 0 saturated heterocycles. The van der Waals surface area contributed by atoms with Gasteiger partial charge in [-0.1, -0.05) is 109 Å². The standard InChI is InChI=1S/C41H25N3O/c1-2-12-26(13-3-1)27-22-23-38-32(24-27)33-25-39(43-34-18-8-4-14-28(34)29-15-5-9-19-35(29)43)42-41(40(33)45-38)44-36-20-10-6-16-30(36)31-17-7-11-21-37(31)44/h1-25H. The van der Waals surface area contributed by atoms with Crippen molar-refractivity contribution in [3.05, 3.63) is 152 Å². The molecule has 0 aliphatic heterocycles. The van der Waals surface area contributed by atoms with Crippen LogP contribution in [0.1, 0.15) is 0 Å². The van der Waals surface area contributed by atoms with Gasteiger partial charge in [0.2, 0.25) is 0 Å². The Morgan fingerprint density at radius 2 is 0.911 bits per heavy atom. The molecule has 0 aliphatic rings. The Morgan fingerprint density at radius 3 is 1.49 bits per heavy atom. The van der Waals surface area contributed by atoms with Crippen LogP contribution in [0.15, 0.2) is 156 Å². The lowest BCUT2D eigenvalue weighted by Gasteiger charge is -2.12. The lowest BCUT2D eigenvalue weighted by Crippen LogP contribution is -2.04. The summed E-state index contributed by atoms with van der Waals surface area (Å²) in [5, 5.41) is 6.89. The predicted octanol–water partition coefficient (Wildman–Crippen LogP) is 10.8. The van der Waals surface area contributed by atoms with Crippen molar-refractivity contribution in [3.63, 3.8) is 0 Å². The van der Waals surface area contributed by atoms with Crippen molar-refractivity contribution >= 4 is 65.6 Å². The number of hydrogen-bond acceptors (Lipinski definition) is 2. The molecule has 0 atom stereocenters. The van der Waals surface area contributed by atoms with E-state index in [0.29, 0.717) is 0 Å². The van der Waals surface area contributed by atoms with Crippen LogP contribution < -0.4 is 0 Å². The van der Waals surface area contributed by atoms with Gasteiger partial charge < -0.3 is 4.42 Å². The third-order valence-corrected chi connectivity index (χ3v) is 9.13.